The molecular weight excluding hydrogens is 455 g/mol. The Labute approximate surface area is 189 Å². The predicted octanol–water partition coefficient (Wildman–Crippen LogP) is 6.34. The molecule has 1 aromatic rings. The number of carbonyl (C=O) groups excluding carboxylic acids is 1. The van der Waals surface area contributed by atoms with E-state index in [9.17, 15) is 4.79 Å². The molecule has 0 saturated carbocycles. The second-order valence-electron chi connectivity index (χ2n) is 10.5. The van der Waals surface area contributed by atoms with E-state index in [-0.39, 0.29) is 21.2 Å². The quantitative estimate of drug-likeness (QED) is 0.361. The lowest BCUT2D eigenvalue weighted by Crippen LogP contribution is -2.53. The fourth-order valence-electron chi connectivity index (χ4n) is 5.59. The second-order valence-corrected chi connectivity index (χ2v) is 20.6. The molecule has 1 atom stereocenters. The Morgan fingerprint density at radius 2 is 1.25 bits per heavy atom. The molecule has 0 spiro atoms. The lowest BCUT2D eigenvalue weighted by Gasteiger charge is -2.52. The molecule has 0 amide bonds. The van der Waals surface area contributed by atoms with Crippen LogP contribution in [0.2, 0.25) is 0 Å². The van der Waals surface area contributed by atoms with Gasteiger partial charge in [-0.25, -0.2) is 4.79 Å². The van der Waals surface area contributed by atoms with Crippen molar-refractivity contribution in [3.8, 4) is 0 Å². The molecule has 0 unspecified atom stereocenters. The Balaban J connectivity index is 2.63. The van der Waals surface area contributed by atoms with E-state index in [0.717, 1.165) is 5.46 Å². The van der Waals surface area contributed by atoms with Crippen LogP contribution in [0.5, 0.6) is 0 Å². The van der Waals surface area contributed by atoms with E-state index in [4.69, 9.17) is 39.0 Å². The molecule has 0 fully saturated rings. The topological polar surface area (TPSA) is 26.3 Å². The minimum Gasteiger partial charge on any atom is -0.594 e. The average Bonchev–Trinajstić information content (AvgIpc) is 2.61. The zero-order valence-electron chi connectivity index (χ0n) is 18.2. The van der Waals surface area contributed by atoms with Crippen molar-refractivity contribution in [1.82, 2.24) is 0 Å². The van der Waals surface area contributed by atoms with E-state index in [0.29, 0.717) is 5.46 Å². The maximum absolute atomic E-state index is 14.0. The summed E-state index contributed by atoms with van der Waals surface area (Å²) < 4.78 is 4.20. The highest BCUT2D eigenvalue weighted by Crippen LogP contribution is 2.84. The Hall–Kier alpha value is 0.410. The van der Waals surface area contributed by atoms with Gasteiger partial charge in [-0.05, 0) is 62.3 Å². The minimum atomic E-state index is -2.42. The summed E-state index contributed by atoms with van der Waals surface area (Å²) in [7, 11) is -0.629. The molecule has 2 rings (SSSR count). The molecule has 0 N–H and O–H groups in total. The first kappa shape index (κ1) is 24.7. The molecule has 1 aromatic carbocycles. The van der Waals surface area contributed by atoms with Gasteiger partial charge in [0, 0.05) is 0 Å². The summed E-state index contributed by atoms with van der Waals surface area (Å²) in [6.07, 6.45) is 0. The maximum atomic E-state index is 14.0. The van der Waals surface area contributed by atoms with Crippen molar-refractivity contribution in [2.45, 2.75) is 77.8 Å². The van der Waals surface area contributed by atoms with Gasteiger partial charge in [0.1, 0.15) is 7.26 Å². The lowest BCUT2D eigenvalue weighted by molar-refractivity contribution is -0.379. The van der Waals surface area contributed by atoms with Crippen LogP contribution in [0.15, 0.2) is 24.3 Å². The molecule has 28 heavy (non-hydrogen) atoms. The van der Waals surface area contributed by atoms with Gasteiger partial charge in [-0.3, -0.25) is 44.9 Å². The first-order chi connectivity index (χ1) is 12.3. The maximum Gasteiger partial charge on any atom is 0.527 e. The molecule has 9 heteroatoms. The summed E-state index contributed by atoms with van der Waals surface area (Å²) in [6.45, 7) is 19.2. The van der Waals surface area contributed by atoms with E-state index < -0.39 is 16.8 Å². The number of carbonyl (C=O) groups is 1. The Morgan fingerprint density at radius 1 is 0.857 bits per heavy atom. The zero-order chi connectivity index (χ0) is 22.0. The van der Waals surface area contributed by atoms with Crippen LogP contribution < -0.4 is 10.9 Å². The summed E-state index contributed by atoms with van der Waals surface area (Å²) >= 11 is 20.1. The molecule has 2 nitrogen and oxygen atoms in total. The first-order valence-corrected chi connectivity index (χ1v) is 13.5. The van der Waals surface area contributed by atoms with Crippen molar-refractivity contribution < 1.29 is 20.0 Å². The Morgan fingerprint density at radius 3 is 1.64 bits per heavy atom. The number of halogens is 4. The monoisotopic (exact) mass is 484 g/mol. The van der Waals surface area contributed by atoms with Gasteiger partial charge in [0.2, 0.25) is 0 Å². The van der Waals surface area contributed by atoms with Crippen molar-refractivity contribution >= 4 is 67.9 Å². The van der Waals surface area contributed by atoms with Gasteiger partial charge in [-0.15, -0.1) is 10.9 Å². The number of fused-ring (bicyclic) bond motifs is 1. The van der Waals surface area contributed by atoms with E-state index in [1.807, 2.05) is 24.3 Å². The number of hydrogen-bond donors (Lipinski definition) is 0. The fraction of sp³-hybridized carbons (Fsp3) is 0.632. The average molecular weight is 486 g/mol. The van der Waals surface area contributed by atoms with Gasteiger partial charge in [0.15, 0.2) is 0 Å². The largest absolute Gasteiger partial charge is 0.594 e. The van der Waals surface area contributed by atoms with Crippen LogP contribution in [0.4, 0.5) is 4.79 Å². The summed E-state index contributed by atoms with van der Waals surface area (Å²) in [5.74, 6) is 0. The molecule has 0 aromatic heterocycles. The minimum absolute atomic E-state index is 0.209. The number of benzene rings is 1. The van der Waals surface area contributed by atoms with Gasteiger partial charge in [0.05, 0.1) is 15.5 Å². The smallest absolute Gasteiger partial charge is 0.527 e. The van der Waals surface area contributed by atoms with Crippen molar-refractivity contribution in [2.24, 2.45) is 0 Å². The third kappa shape index (κ3) is 3.75. The molecule has 0 saturated heterocycles. The molecule has 0 bridgehead atoms. The highest BCUT2D eigenvalue weighted by atomic mass is 35.6. The van der Waals surface area contributed by atoms with Crippen LogP contribution in [-0.4, -0.2) is 30.8 Å². The summed E-state index contributed by atoms with van der Waals surface area (Å²) in [6, 6.07) is 7.43. The summed E-state index contributed by atoms with van der Waals surface area (Å²) in [4.78, 5) is 14.0. The standard InChI is InChI=1S/C19H31B2Cl4O2P/c1-17(2,3)28(18(4,5)6,19(7,8)9)16(26)27-21(24)15-13-11-10-12-14(15)20(22,23)25-21/h10-13H,1-9H3/t21-/m1/s1. The van der Waals surface area contributed by atoms with Gasteiger partial charge >= 0.3 is 15.3 Å². The molecule has 158 valence electrons. The Kier molecular flexibility index (Phi) is 6.38. The normalized spacial score (nSPS) is 22.7. The first-order valence-electron chi connectivity index (χ1n) is 9.53. The van der Waals surface area contributed by atoms with Crippen molar-refractivity contribution in [3.05, 3.63) is 24.3 Å². The molecule has 0 radical (unpaired) electrons. The molecule has 1 aliphatic heterocycles. The SMILES string of the molecule is CC(C)(C)[P+](C(=O)O[B@-]1(Cl)[Cl+][B-](Cl)(Cl)c2ccccc21)(C(C)(C)C)C(C)(C)C. The van der Waals surface area contributed by atoms with Crippen LogP contribution >= 0.6 is 41.6 Å². The van der Waals surface area contributed by atoms with Gasteiger partial charge in [0.25, 0.3) is 0 Å². The van der Waals surface area contributed by atoms with Crippen molar-refractivity contribution in [2.75, 3.05) is 0 Å². The van der Waals surface area contributed by atoms with Crippen LogP contribution in [0.1, 0.15) is 62.3 Å². The zero-order valence-corrected chi connectivity index (χ0v) is 22.2. The van der Waals surface area contributed by atoms with Gasteiger partial charge in [-0.2, -0.15) is 0 Å². The molecular formula is C19H31B2Cl4O2P. The van der Waals surface area contributed by atoms with Gasteiger partial charge < -0.3 is 4.65 Å². The van der Waals surface area contributed by atoms with Crippen molar-refractivity contribution in [3.63, 3.8) is 0 Å². The predicted molar refractivity (Wildman–Crippen MR) is 127 cm³/mol. The van der Waals surface area contributed by atoms with Gasteiger partial charge in [-0.1, -0.05) is 24.3 Å². The third-order valence-corrected chi connectivity index (χ3v) is 15.1. The van der Waals surface area contributed by atoms with E-state index >= 15 is 0 Å². The summed E-state index contributed by atoms with van der Waals surface area (Å²) in [5, 5.41) is -3.11. The fourth-order valence-corrected chi connectivity index (χ4v) is 17.1. The Bertz CT molecular complexity index is 745. The third-order valence-electron chi connectivity index (χ3n) is 5.57. The summed E-state index contributed by atoms with van der Waals surface area (Å²) in [5.41, 5.74) is 1.22. The van der Waals surface area contributed by atoms with E-state index in [2.05, 4.69) is 62.3 Å². The van der Waals surface area contributed by atoms with Crippen LogP contribution in [0, 0.1) is 10.5 Å². The number of rotatable bonds is 2. The van der Waals surface area contributed by atoms with Crippen LogP contribution in [0.25, 0.3) is 0 Å². The second kappa shape index (κ2) is 7.23. The molecule has 0 aliphatic carbocycles. The highest BCUT2D eigenvalue weighted by Gasteiger charge is 2.72. The van der Waals surface area contributed by atoms with Crippen LogP contribution in [-0.2, 0) is 4.65 Å². The van der Waals surface area contributed by atoms with E-state index in [1.54, 1.807) is 10.5 Å². The van der Waals surface area contributed by atoms with Crippen molar-refractivity contribution in [1.29, 1.82) is 0 Å². The molecule has 1 heterocycles. The molecule has 1 aliphatic rings. The lowest BCUT2D eigenvalue weighted by atomic mass is 9.74. The highest BCUT2D eigenvalue weighted by molar-refractivity contribution is 7.94. The number of hydrogen-bond acceptors (Lipinski definition) is 2. The van der Waals surface area contributed by atoms with E-state index in [1.165, 1.54) is 0 Å². The van der Waals surface area contributed by atoms with Crippen LogP contribution in [0.3, 0.4) is 0 Å².